The Kier molecular flexibility index (Phi) is 3.80. The van der Waals surface area contributed by atoms with Gasteiger partial charge in [0.25, 0.3) is 10.1 Å². The smallest absolute Gasteiger partial charge is 0.271 e. The molecule has 0 heterocycles. The van der Waals surface area contributed by atoms with Crippen molar-refractivity contribution in [3.05, 3.63) is 26.6 Å². The molecule has 0 amide bonds. The summed E-state index contributed by atoms with van der Waals surface area (Å²) in [5.74, 6) is -0.0944. The zero-order valence-corrected chi connectivity index (χ0v) is 11.6. The highest BCUT2D eigenvalue weighted by molar-refractivity contribution is 9.11. The average Bonchev–Trinajstić information content (AvgIpc) is 2.12. The molecule has 1 atom stereocenters. The van der Waals surface area contributed by atoms with Gasteiger partial charge in [-0.3, -0.25) is 4.55 Å². The summed E-state index contributed by atoms with van der Waals surface area (Å²) in [6.45, 7) is 1.34. The second-order valence-electron chi connectivity index (χ2n) is 2.96. The van der Waals surface area contributed by atoms with Gasteiger partial charge in [0.05, 0.1) is 8.95 Å². The molecule has 0 spiro atoms. The van der Waals surface area contributed by atoms with E-state index in [4.69, 9.17) is 4.55 Å². The van der Waals surface area contributed by atoms with Crippen molar-refractivity contribution < 1.29 is 18.1 Å². The van der Waals surface area contributed by atoms with Gasteiger partial charge in [0.15, 0.2) is 0 Å². The summed E-state index contributed by atoms with van der Waals surface area (Å²) in [6.07, 6.45) is 0. The van der Waals surface area contributed by atoms with Crippen LogP contribution in [0.15, 0.2) is 21.1 Å². The predicted molar refractivity (Wildman–Crippen MR) is 63.5 cm³/mol. The molecule has 0 aliphatic rings. The Morgan fingerprint density at radius 2 is 1.87 bits per heavy atom. The molecule has 7 heteroatoms. The minimum absolute atomic E-state index is 0.0944. The van der Waals surface area contributed by atoms with Crippen molar-refractivity contribution >= 4 is 42.0 Å². The second kappa shape index (κ2) is 4.40. The van der Waals surface area contributed by atoms with Gasteiger partial charge in [-0.15, -0.1) is 0 Å². The van der Waals surface area contributed by atoms with Gasteiger partial charge in [0.2, 0.25) is 0 Å². The Morgan fingerprint density at radius 1 is 1.33 bits per heavy atom. The summed E-state index contributed by atoms with van der Waals surface area (Å²) in [4.78, 5) is 0. The summed E-state index contributed by atoms with van der Waals surface area (Å²) in [5, 5.41) is 8.44. The lowest BCUT2D eigenvalue weighted by molar-refractivity contribution is 0.464. The van der Waals surface area contributed by atoms with E-state index >= 15 is 0 Å². The second-order valence-corrected chi connectivity index (χ2v) is 6.34. The van der Waals surface area contributed by atoms with E-state index in [0.717, 1.165) is 0 Å². The van der Waals surface area contributed by atoms with E-state index in [1.165, 1.54) is 19.1 Å². The van der Waals surface area contributed by atoms with Crippen molar-refractivity contribution in [1.82, 2.24) is 0 Å². The zero-order valence-electron chi connectivity index (χ0n) is 7.61. The number of benzene rings is 1. The van der Waals surface area contributed by atoms with Crippen molar-refractivity contribution in [3.63, 3.8) is 0 Å². The molecule has 1 aromatic rings. The molecule has 0 saturated heterocycles. The van der Waals surface area contributed by atoms with E-state index in [0.29, 0.717) is 10.0 Å². The molecule has 0 fully saturated rings. The van der Waals surface area contributed by atoms with Crippen LogP contribution in [0.3, 0.4) is 0 Å². The number of rotatable bonds is 2. The number of phenolic OH excluding ortho intramolecular Hbond substituents is 1. The molecular weight excluding hydrogens is 352 g/mol. The van der Waals surface area contributed by atoms with Crippen LogP contribution in [0.1, 0.15) is 17.7 Å². The van der Waals surface area contributed by atoms with Gasteiger partial charge in [-0.2, -0.15) is 8.42 Å². The van der Waals surface area contributed by atoms with E-state index in [9.17, 15) is 13.5 Å². The fraction of sp³-hybridized carbons (Fsp3) is 0.250. The standard InChI is InChI=1S/C8H8Br2O4S/c1-4(15(12,13)14)5-2-3-6(9)8(11)7(5)10/h2-4,11H,1H3,(H,12,13,14). The summed E-state index contributed by atoms with van der Waals surface area (Å²) in [5.41, 5.74) is 0.304. The Morgan fingerprint density at radius 3 is 2.33 bits per heavy atom. The molecule has 0 aliphatic carbocycles. The maximum Gasteiger partial charge on any atom is 0.271 e. The molecule has 4 nitrogen and oxygen atoms in total. The van der Waals surface area contributed by atoms with Crippen LogP contribution >= 0.6 is 31.9 Å². The molecule has 2 N–H and O–H groups in total. The first kappa shape index (κ1) is 13.0. The third kappa shape index (κ3) is 2.72. The molecule has 0 saturated carbocycles. The third-order valence-corrected chi connectivity index (χ3v) is 4.60. The first-order valence-electron chi connectivity index (χ1n) is 3.88. The largest absolute Gasteiger partial charge is 0.506 e. The van der Waals surface area contributed by atoms with Crippen LogP contribution in [0.25, 0.3) is 0 Å². The predicted octanol–water partition coefficient (Wildman–Crippen LogP) is 2.87. The number of phenols is 1. The van der Waals surface area contributed by atoms with Crippen LogP contribution in [0.4, 0.5) is 0 Å². The van der Waals surface area contributed by atoms with Crippen molar-refractivity contribution in [3.8, 4) is 5.75 Å². The molecule has 0 aliphatic heterocycles. The normalized spacial score (nSPS) is 13.9. The fourth-order valence-corrected chi connectivity index (χ4v) is 2.99. The maximum absolute atomic E-state index is 10.9. The van der Waals surface area contributed by atoms with Crippen LogP contribution in [0.2, 0.25) is 0 Å². The van der Waals surface area contributed by atoms with Crippen molar-refractivity contribution in [1.29, 1.82) is 0 Å². The summed E-state index contributed by atoms with van der Waals surface area (Å²) >= 11 is 6.16. The highest BCUT2D eigenvalue weighted by Gasteiger charge is 2.23. The Hall–Kier alpha value is -0.110. The average molecular weight is 360 g/mol. The quantitative estimate of drug-likeness (QED) is 0.796. The van der Waals surface area contributed by atoms with Gasteiger partial charge >= 0.3 is 0 Å². The molecule has 15 heavy (non-hydrogen) atoms. The number of aromatic hydroxyl groups is 1. The van der Waals surface area contributed by atoms with Gasteiger partial charge in [0.1, 0.15) is 11.0 Å². The first-order valence-corrected chi connectivity index (χ1v) is 6.97. The van der Waals surface area contributed by atoms with Gasteiger partial charge < -0.3 is 5.11 Å². The highest BCUT2D eigenvalue weighted by Crippen LogP contribution is 2.39. The van der Waals surface area contributed by atoms with Crippen LogP contribution in [0.5, 0.6) is 5.75 Å². The first-order chi connectivity index (χ1) is 6.75. The van der Waals surface area contributed by atoms with Gasteiger partial charge in [-0.25, -0.2) is 0 Å². The van der Waals surface area contributed by atoms with Crippen molar-refractivity contribution in [2.75, 3.05) is 0 Å². The topological polar surface area (TPSA) is 74.6 Å². The van der Waals surface area contributed by atoms with E-state index in [-0.39, 0.29) is 10.2 Å². The highest BCUT2D eigenvalue weighted by atomic mass is 79.9. The molecule has 0 aromatic heterocycles. The molecule has 1 aromatic carbocycles. The van der Waals surface area contributed by atoms with Crippen LogP contribution in [-0.2, 0) is 10.1 Å². The van der Waals surface area contributed by atoms with Crippen LogP contribution < -0.4 is 0 Å². The monoisotopic (exact) mass is 358 g/mol. The zero-order chi connectivity index (χ0) is 11.8. The summed E-state index contributed by atoms with van der Waals surface area (Å²) in [6, 6.07) is 3.02. The van der Waals surface area contributed by atoms with E-state index in [1.807, 2.05) is 0 Å². The maximum atomic E-state index is 10.9. The molecule has 1 rings (SSSR count). The van der Waals surface area contributed by atoms with Crippen LogP contribution in [-0.4, -0.2) is 18.1 Å². The number of hydrogen-bond acceptors (Lipinski definition) is 3. The lowest BCUT2D eigenvalue weighted by Crippen LogP contribution is -2.09. The van der Waals surface area contributed by atoms with E-state index in [2.05, 4.69) is 31.9 Å². The molecule has 0 bridgehead atoms. The van der Waals surface area contributed by atoms with E-state index in [1.54, 1.807) is 0 Å². The molecule has 0 radical (unpaired) electrons. The van der Waals surface area contributed by atoms with Crippen LogP contribution in [0, 0.1) is 0 Å². The third-order valence-electron chi connectivity index (χ3n) is 1.98. The summed E-state index contributed by atoms with van der Waals surface area (Å²) in [7, 11) is -4.16. The number of hydrogen-bond donors (Lipinski definition) is 2. The molecule has 1 unspecified atom stereocenters. The van der Waals surface area contributed by atoms with Gasteiger partial charge in [0, 0.05) is 0 Å². The Bertz CT molecular complexity index is 484. The van der Waals surface area contributed by atoms with Gasteiger partial charge in [-0.05, 0) is 50.4 Å². The van der Waals surface area contributed by atoms with Gasteiger partial charge in [-0.1, -0.05) is 6.07 Å². The number of halogens is 2. The fourth-order valence-electron chi connectivity index (χ4n) is 1.03. The minimum Gasteiger partial charge on any atom is -0.506 e. The summed E-state index contributed by atoms with van der Waals surface area (Å²) < 4.78 is 31.4. The minimum atomic E-state index is -4.16. The molecular formula is C8H8Br2O4S. The van der Waals surface area contributed by atoms with Crippen molar-refractivity contribution in [2.24, 2.45) is 0 Å². The Labute approximate surface area is 104 Å². The van der Waals surface area contributed by atoms with Crippen molar-refractivity contribution in [2.45, 2.75) is 12.2 Å². The SMILES string of the molecule is CC(c1ccc(Br)c(O)c1Br)S(=O)(=O)O. The van der Waals surface area contributed by atoms with E-state index < -0.39 is 15.4 Å². The lowest BCUT2D eigenvalue weighted by Gasteiger charge is -2.12. The lowest BCUT2D eigenvalue weighted by atomic mass is 10.1. The molecule has 84 valence electrons. The Balaban J connectivity index is 3.35.